The molecule has 0 bridgehead atoms. The highest BCUT2D eigenvalue weighted by Crippen LogP contribution is 2.12. The number of rotatable bonds is 2. The molecule has 1 saturated heterocycles. The van der Waals surface area contributed by atoms with E-state index in [1.54, 1.807) is 0 Å². The SMILES string of the molecule is C=C(C)C(=O)OC1CCCOC(=O)O1. The molecule has 0 saturated carbocycles. The highest BCUT2D eigenvalue weighted by Gasteiger charge is 2.22. The zero-order chi connectivity index (χ0) is 10.6. The minimum Gasteiger partial charge on any atom is -0.434 e. The third-order valence-electron chi connectivity index (χ3n) is 1.62. The average molecular weight is 200 g/mol. The van der Waals surface area contributed by atoms with Gasteiger partial charge in [0.1, 0.15) is 0 Å². The Morgan fingerprint density at radius 3 is 3.00 bits per heavy atom. The summed E-state index contributed by atoms with van der Waals surface area (Å²) >= 11 is 0. The summed E-state index contributed by atoms with van der Waals surface area (Å²) < 4.78 is 14.1. The number of cyclic esters (lactones) is 2. The second-order valence-electron chi connectivity index (χ2n) is 2.97. The molecule has 1 heterocycles. The lowest BCUT2D eigenvalue weighted by Gasteiger charge is -2.13. The average Bonchev–Trinajstić information content (AvgIpc) is 2.29. The van der Waals surface area contributed by atoms with E-state index in [9.17, 15) is 9.59 Å². The lowest BCUT2D eigenvalue weighted by atomic mass is 10.3. The molecule has 78 valence electrons. The maximum atomic E-state index is 11.1. The number of ether oxygens (including phenoxy) is 3. The minimum absolute atomic E-state index is 0.270. The molecule has 14 heavy (non-hydrogen) atoms. The van der Waals surface area contributed by atoms with Gasteiger partial charge >= 0.3 is 12.1 Å². The Kier molecular flexibility index (Phi) is 3.50. The third kappa shape index (κ3) is 3.08. The van der Waals surface area contributed by atoms with E-state index in [1.165, 1.54) is 6.92 Å². The van der Waals surface area contributed by atoms with E-state index in [4.69, 9.17) is 4.74 Å². The minimum atomic E-state index is -0.853. The molecule has 0 aromatic rings. The van der Waals surface area contributed by atoms with Crippen molar-refractivity contribution in [1.29, 1.82) is 0 Å². The van der Waals surface area contributed by atoms with E-state index in [2.05, 4.69) is 16.1 Å². The van der Waals surface area contributed by atoms with Gasteiger partial charge in [0.15, 0.2) is 0 Å². The van der Waals surface area contributed by atoms with Gasteiger partial charge in [-0.25, -0.2) is 9.59 Å². The molecular formula is C9H12O5. The van der Waals surface area contributed by atoms with Gasteiger partial charge in [-0.2, -0.15) is 0 Å². The molecular weight excluding hydrogens is 188 g/mol. The van der Waals surface area contributed by atoms with Crippen LogP contribution in [-0.2, 0) is 19.0 Å². The molecule has 0 aromatic carbocycles. The van der Waals surface area contributed by atoms with Crippen LogP contribution in [0.3, 0.4) is 0 Å². The maximum Gasteiger partial charge on any atom is 0.511 e. The Bertz CT molecular complexity index is 258. The first-order valence-corrected chi connectivity index (χ1v) is 4.29. The summed E-state index contributed by atoms with van der Waals surface area (Å²) in [4.78, 5) is 21.9. The molecule has 0 radical (unpaired) electrons. The second kappa shape index (κ2) is 4.64. The van der Waals surface area contributed by atoms with Crippen molar-refractivity contribution < 1.29 is 23.8 Å². The van der Waals surface area contributed by atoms with Crippen LogP contribution >= 0.6 is 0 Å². The van der Waals surface area contributed by atoms with Crippen LogP contribution < -0.4 is 0 Å². The van der Waals surface area contributed by atoms with Crippen LogP contribution in [0.15, 0.2) is 12.2 Å². The van der Waals surface area contributed by atoms with E-state index in [-0.39, 0.29) is 5.57 Å². The first kappa shape index (κ1) is 10.6. The van der Waals surface area contributed by atoms with Gasteiger partial charge in [0, 0.05) is 12.0 Å². The third-order valence-corrected chi connectivity index (χ3v) is 1.62. The van der Waals surface area contributed by atoms with Crippen LogP contribution in [0.4, 0.5) is 4.79 Å². The van der Waals surface area contributed by atoms with Gasteiger partial charge in [-0.1, -0.05) is 6.58 Å². The fourth-order valence-corrected chi connectivity index (χ4v) is 0.909. The van der Waals surface area contributed by atoms with Crippen molar-refractivity contribution in [2.45, 2.75) is 26.1 Å². The predicted molar refractivity (Wildman–Crippen MR) is 46.4 cm³/mol. The van der Waals surface area contributed by atoms with Crippen molar-refractivity contribution in [2.24, 2.45) is 0 Å². The molecule has 0 spiro atoms. The van der Waals surface area contributed by atoms with Crippen LogP contribution in [-0.4, -0.2) is 25.0 Å². The Balaban J connectivity index is 2.46. The summed E-state index contributed by atoms with van der Waals surface area (Å²) in [6.07, 6.45) is -0.596. The van der Waals surface area contributed by atoms with Crippen LogP contribution in [0, 0.1) is 0 Å². The van der Waals surface area contributed by atoms with Crippen molar-refractivity contribution >= 4 is 12.1 Å². The summed E-state index contributed by atoms with van der Waals surface area (Å²) in [6.45, 7) is 5.23. The van der Waals surface area contributed by atoms with Crippen molar-refractivity contribution in [3.8, 4) is 0 Å². The maximum absolute atomic E-state index is 11.1. The molecule has 0 aromatic heterocycles. The molecule has 0 amide bonds. The van der Waals surface area contributed by atoms with Crippen molar-refractivity contribution in [3.63, 3.8) is 0 Å². The first-order chi connectivity index (χ1) is 6.59. The molecule has 1 unspecified atom stereocenters. The summed E-state index contributed by atoms with van der Waals surface area (Å²) in [6, 6.07) is 0. The van der Waals surface area contributed by atoms with Crippen molar-refractivity contribution in [1.82, 2.24) is 0 Å². The highest BCUT2D eigenvalue weighted by molar-refractivity contribution is 5.87. The summed E-state index contributed by atoms with van der Waals surface area (Å²) in [5.41, 5.74) is 0.270. The molecule has 5 heteroatoms. The molecule has 1 rings (SSSR count). The molecule has 0 N–H and O–H groups in total. The predicted octanol–water partition coefficient (Wildman–Crippen LogP) is 1.38. The number of hydrogen-bond acceptors (Lipinski definition) is 5. The number of carbonyl (C=O) groups is 2. The smallest absolute Gasteiger partial charge is 0.434 e. The Morgan fingerprint density at radius 1 is 1.64 bits per heavy atom. The van der Waals surface area contributed by atoms with E-state index in [1.807, 2.05) is 0 Å². The Hall–Kier alpha value is -1.52. The number of carbonyl (C=O) groups excluding carboxylic acids is 2. The number of hydrogen-bond donors (Lipinski definition) is 0. The van der Waals surface area contributed by atoms with E-state index in [0.717, 1.165) is 0 Å². The zero-order valence-corrected chi connectivity index (χ0v) is 7.95. The van der Waals surface area contributed by atoms with Crippen LogP contribution in [0.25, 0.3) is 0 Å². The standard InChI is InChI=1S/C9H12O5/c1-6(2)8(10)13-7-4-3-5-12-9(11)14-7/h7H,1,3-5H2,2H3. The molecule has 1 aliphatic rings. The Morgan fingerprint density at radius 2 is 2.36 bits per heavy atom. The van der Waals surface area contributed by atoms with Crippen LogP contribution in [0.1, 0.15) is 19.8 Å². The van der Waals surface area contributed by atoms with E-state index < -0.39 is 18.4 Å². The van der Waals surface area contributed by atoms with E-state index in [0.29, 0.717) is 19.4 Å². The zero-order valence-electron chi connectivity index (χ0n) is 7.95. The fourth-order valence-electron chi connectivity index (χ4n) is 0.909. The van der Waals surface area contributed by atoms with Gasteiger partial charge in [-0.3, -0.25) is 0 Å². The molecule has 1 aliphatic heterocycles. The quantitative estimate of drug-likeness (QED) is 0.497. The molecule has 1 atom stereocenters. The molecule has 0 aliphatic carbocycles. The second-order valence-corrected chi connectivity index (χ2v) is 2.97. The largest absolute Gasteiger partial charge is 0.511 e. The fraction of sp³-hybridized carbons (Fsp3) is 0.556. The van der Waals surface area contributed by atoms with Crippen LogP contribution in [0.2, 0.25) is 0 Å². The van der Waals surface area contributed by atoms with Crippen molar-refractivity contribution in [2.75, 3.05) is 6.61 Å². The summed E-state index contributed by atoms with van der Waals surface area (Å²) in [5, 5.41) is 0. The number of esters is 1. The van der Waals surface area contributed by atoms with Gasteiger partial charge in [0.25, 0.3) is 6.29 Å². The molecule has 5 nitrogen and oxygen atoms in total. The van der Waals surface area contributed by atoms with Gasteiger partial charge in [0.2, 0.25) is 0 Å². The lowest BCUT2D eigenvalue weighted by molar-refractivity contribution is -0.164. The first-order valence-electron chi connectivity index (χ1n) is 4.29. The van der Waals surface area contributed by atoms with Gasteiger partial charge in [-0.05, 0) is 13.3 Å². The molecule has 1 fully saturated rings. The Labute approximate surface area is 81.6 Å². The summed E-state index contributed by atoms with van der Waals surface area (Å²) in [5.74, 6) is -0.565. The van der Waals surface area contributed by atoms with Crippen molar-refractivity contribution in [3.05, 3.63) is 12.2 Å². The topological polar surface area (TPSA) is 61.8 Å². The van der Waals surface area contributed by atoms with E-state index >= 15 is 0 Å². The summed E-state index contributed by atoms with van der Waals surface area (Å²) in [7, 11) is 0. The monoisotopic (exact) mass is 200 g/mol. The normalized spacial score (nSPS) is 21.5. The highest BCUT2D eigenvalue weighted by atomic mass is 16.8. The van der Waals surface area contributed by atoms with Gasteiger partial charge in [-0.15, -0.1) is 0 Å². The van der Waals surface area contributed by atoms with Crippen LogP contribution in [0.5, 0.6) is 0 Å². The van der Waals surface area contributed by atoms with Gasteiger partial charge < -0.3 is 14.2 Å². The van der Waals surface area contributed by atoms with Gasteiger partial charge in [0.05, 0.1) is 6.61 Å². The lowest BCUT2D eigenvalue weighted by Crippen LogP contribution is -2.22.